The van der Waals surface area contributed by atoms with Crippen LogP contribution in [0.3, 0.4) is 0 Å². The van der Waals surface area contributed by atoms with Crippen molar-refractivity contribution in [2.75, 3.05) is 7.05 Å². The van der Waals surface area contributed by atoms with Crippen molar-refractivity contribution in [3.8, 4) is 11.4 Å². The first-order valence-electron chi connectivity index (χ1n) is 8.39. The number of hydrogen-bond acceptors (Lipinski definition) is 4. The molecule has 2 aromatic carbocycles. The minimum absolute atomic E-state index is 0.125. The summed E-state index contributed by atoms with van der Waals surface area (Å²) in [5.41, 5.74) is 3.31. The molecule has 0 aliphatic heterocycles. The molecule has 4 rings (SSSR count). The predicted molar refractivity (Wildman–Crippen MR) is 104 cm³/mol. The number of hydrogen-bond donors (Lipinski definition) is 2. The number of amides is 1. The Kier molecular flexibility index (Phi) is 4.37. The van der Waals surface area contributed by atoms with Crippen LogP contribution in [0.15, 0.2) is 42.6 Å². The summed E-state index contributed by atoms with van der Waals surface area (Å²) < 4.78 is 1.75. The minimum atomic E-state index is -0.125. The van der Waals surface area contributed by atoms with Crippen molar-refractivity contribution in [3.63, 3.8) is 0 Å². The number of carbonyl (C=O) groups excluding carboxylic acids is 1. The molecule has 8 heteroatoms. The number of aromatic amines is 1. The van der Waals surface area contributed by atoms with E-state index in [1.807, 2.05) is 31.3 Å². The lowest BCUT2D eigenvalue weighted by molar-refractivity contribution is 0.0963. The van der Waals surface area contributed by atoms with Crippen molar-refractivity contribution in [1.29, 1.82) is 0 Å². The lowest BCUT2D eigenvalue weighted by atomic mass is 10.1. The highest BCUT2D eigenvalue weighted by atomic mass is 35.5. The topological polar surface area (TPSA) is 88.5 Å². The van der Waals surface area contributed by atoms with Gasteiger partial charge < -0.3 is 5.32 Å². The first-order chi connectivity index (χ1) is 13.1. The van der Waals surface area contributed by atoms with Gasteiger partial charge in [-0.15, -0.1) is 0 Å². The maximum Gasteiger partial charge on any atom is 0.251 e. The first kappa shape index (κ1) is 17.2. The van der Waals surface area contributed by atoms with Crippen LogP contribution < -0.4 is 5.32 Å². The van der Waals surface area contributed by atoms with E-state index in [4.69, 9.17) is 11.6 Å². The molecule has 2 N–H and O–H groups in total. The van der Waals surface area contributed by atoms with Crippen LogP contribution in [-0.4, -0.2) is 37.9 Å². The zero-order valence-electron chi connectivity index (χ0n) is 14.8. The van der Waals surface area contributed by atoms with E-state index >= 15 is 0 Å². The molecule has 4 aromatic rings. The van der Waals surface area contributed by atoms with E-state index in [2.05, 4.69) is 25.6 Å². The van der Waals surface area contributed by atoms with Crippen LogP contribution in [0.25, 0.3) is 22.3 Å². The van der Waals surface area contributed by atoms with Gasteiger partial charge in [0.1, 0.15) is 5.82 Å². The van der Waals surface area contributed by atoms with Crippen molar-refractivity contribution < 1.29 is 4.79 Å². The van der Waals surface area contributed by atoms with Gasteiger partial charge in [-0.2, -0.15) is 10.2 Å². The average Bonchev–Trinajstić information content (AvgIpc) is 3.31. The second-order valence-electron chi connectivity index (χ2n) is 6.18. The molecule has 0 aliphatic rings. The molecule has 27 heavy (non-hydrogen) atoms. The third-order valence-electron chi connectivity index (χ3n) is 4.47. The molecule has 0 aliphatic carbocycles. The molecule has 0 bridgehead atoms. The number of nitrogens with one attached hydrogen (secondary N) is 2. The lowest BCUT2D eigenvalue weighted by Crippen LogP contribution is -2.17. The van der Waals surface area contributed by atoms with Gasteiger partial charge in [0.25, 0.3) is 5.91 Å². The van der Waals surface area contributed by atoms with Gasteiger partial charge in [-0.3, -0.25) is 14.6 Å². The van der Waals surface area contributed by atoms with Crippen LogP contribution >= 0.6 is 11.6 Å². The highest BCUT2D eigenvalue weighted by molar-refractivity contribution is 6.36. The monoisotopic (exact) mass is 380 g/mol. The molecule has 2 heterocycles. The number of aryl methyl sites for hydroxylation is 1. The van der Waals surface area contributed by atoms with Gasteiger partial charge >= 0.3 is 0 Å². The highest BCUT2D eigenvalue weighted by Gasteiger charge is 2.14. The lowest BCUT2D eigenvalue weighted by Gasteiger charge is -2.04. The van der Waals surface area contributed by atoms with E-state index < -0.39 is 0 Å². The standard InChI is InChI=1S/C19H17ClN6O/c1-21-19(27)12-5-3-11(4-6-12)18-23-16(26(2)25-18)9-13-7-8-15-14(17(13)20)10-22-24-15/h3-8,10H,9H2,1-2H3,(H,21,27)(H,22,24). The second-order valence-corrected chi connectivity index (χ2v) is 6.56. The molecule has 0 spiro atoms. The number of H-pyrrole nitrogens is 1. The van der Waals surface area contributed by atoms with Crippen LogP contribution in [0.5, 0.6) is 0 Å². The Morgan fingerprint density at radius 2 is 2.00 bits per heavy atom. The van der Waals surface area contributed by atoms with Gasteiger partial charge in [-0.1, -0.05) is 29.8 Å². The number of halogens is 1. The van der Waals surface area contributed by atoms with E-state index in [0.717, 1.165) is 27.9 Å². The maximum absolute atomic E-state index is 11.7. The predicted octanol–water partition coefficient (Wildman–Crippen LogP) is 2.96. The molecular formula is C19H17ClN6O. The summed E-state index contributed by atoms with van der Waals surface area (Å²) >= 11 is 6.51. The number of benzene rings is 2. The highest BCUT2D eigenvalue weighted by Crippen LogP contribution is 2.27. The summed E-state index contributed by atoms with van der Waals surface area (Å²) in [4.78, 5) is 16.3. The van der Waals surface area contributed by atoms with Crippen LogP contribution in [0.4, 0.5) is 0 Å². The molecule has 0 atom stereocenters. The number of nitrogens with zero attached hydrogens (tertiary/aromatic N) is 4. The quantitative estimate of drug-likeness (QED) is 0.569. The van der Waals surface area contributed by atoms with Gasteiger partial charge in [0.15, 0.2) is 5.82 Å². The van der Waals surface area contributed by atoms with E-state index in [-0.39, 0.29) is 5.91 Å². The summed E-state index contributed by atoms with van der Waals surface area (Å²) in [5, 5.41) is 15.6. The van der Waals surface area contributed by atoms with Gasteiger partial charge in [-0.05, 0) is 23.8 Å². The van der Waals surface area contributed by atoms with Gasteiger partial charge in [0, 0.05) is 37.0 Å². The molecule has 0 unspecified atom stereocenters. The Morgan fingerprint density at radius 1 is 1.22 bits per heavy atom. The molecule has 136 valence electrons. The first-order valence-corrected chi connectivity index (χ1v) is 8.77. The Bertz CT molecular complexity index is 1130. The van der Waals surface area contributed by atoms with Crippen molar-refractivity contribution >= 4 is 28.4 Å². The Labute approximate surface area is 160 Å². The molecule has 7 nitrogen and oxygen atoms in total. The zero-order chi connectivity index (χ0) is 19.0. The molecule has 0 fully saturated rings. The summed E-state index contributed by atoms with van der Waals surface area (Å²) in [6.07, 6.45) is 2.27. The average molecular weight is 381 g/mol. The Hall–Kier alpha value is -3.19. The third kappa shape index (κ3) is 3.17. The summed E-state index contributed by atoms with van der Waals surface area (Å²) in [5.74, 6) is 1.28. The minimum Gasteiger partial charge on any atom is -0.355 e. The number of rotatable bonds is 4. The van der Waals surface area contributed by atoms with E-state index in [9.17, 15) is 4.79 Å². The van der Waals surface area contributed by atoms with Crippen molar-refractivity contribution in [1.82, 2.24) is 30.3 Å². The normalized spacial score (nSPS) is 11.1. The van der Waals surface area contributed by atoms with Crippen molar-refractivity contribution in [2.45, 2.75) is 6.42 Å². The number of carbonyl (C=O) groups is 1. The fourth-order valence-corrected chi connectivity index (χ4v) is 3.22. The van der Waals surface area contributed by atoms with Crippen molar-refractivity contribution in [2.24, 2.45) is 7.05 Å². The Morgan fingerprint density at radius 3 is 2.74 bits per heavy atom. The molecule has 1 amide bonds. The van der Waals surface area contributed by atoms with Crippen LogP contribution in [0.1, 0.15) is 21.7 Å². The molecular weight excluding hydrogens is 364 g/mol. The fourth-order valence-electron chi connectivity index (χ4n) is 2.94. The van der Waals surface area contributed by atoms with E-state index in [0.29, 0.717) is 22.8 Å². The van der Waals surface area contributed by atoms with E-state index in [1.165, 1.54) is 0 Å². The third-order valence-corrected chi connectivity index (χ3v) is 4.92. The van der Waals surface area contributed by atoms with E-state index in [1.54, 1.807) is 30.1 Å². The fraction of sp³-hybridized carbons (Fsp3) is 0.158. The van der Waals surface area contributed by atoms with Gasteiger partial charge in [-0.25, -0.2) is 4.98 Å². The summed E-state index contributed by atoms with van der Waals surface area (Å²) in [7, 11) is 3.46. The SMILES string of the molecule is CNC(=O)c1ccc(-c2nc(Cc3ccc4[nH]ncc4c3Cl)n(C)n2)cc1. The number of aromatic nitrogens is 5. The Balaban J connectivity index is 1.63. The zero-order valence-corrected chi connectivity index (χ0v) is 15.6. The van der Waals surface area contributed by atoms with Crippen molar-refractivity contribution in [3.05, 3.63) is 64.6 Å². The molecule has 2 aromatic heterocycles. The smallest absolute Gasteiger partial charge is 0.251 e. The maximum atomic E-state index is 11.7. The number of fused-ring (bicyclic) bond motifs is 1. The summed E-state index contributed by atoms with van der Waals surface area (Å²) in [6, 6.07) is 11.1. The second kappa shape index (κ2) is 6.85. The van der Waals surface area contributed by atoms with Crippen LogP contribution in [0.2, 0.25) is 5.02 Å². The molecule has 0 saturated carbocycles. The molecule has 0 radical (unpaired) electrons. The van der Waals surface area contributed by atoms with Gasteiger partial charge in [0.05, 0.1) is 16.7 Å². The molecule has 0 saturated heterocycles. The van der Waals surface area contributed by atoms with Crippen LogP contribution in [0, 0.1) is 0 Å². The summed E-state index contributed by atoms with van der Waals surface area (Å²) in [6.45, 7) is 0. The largest absolute Gasteiger partial charge is 0.355 e. The van der Waals surface area contributed by atoms with Gasteiger partial charge in [0.2, 0.25) is 0 Å². The van der Waals surface area contributed by atoms with Crippen LogP contribution in [-0.2, 0) is 13.5 Å².